The molecule has 0 saturated carbocycles. The van der Waals surface area contributed by atoms with Crippen LogP contribution >= 0.6 is 15.9 Å². The van der Waals surface area contributed by atoms with E-state index in [1.165, 1.54) is 6.07 Å². The Morgan fingerprint density at radius 2 is 2.00 bits per heavy atom. The molecule has 1 aromatic carbocycles. The van der Waals surface area contributed by atoms with E-state index in [2.05, 4.69) is 15.9 Å². The summed E-state index contributed by atoms with van der Waals surface area (Å²) in [5, 5.41) is 0.997. The van der Waals surface area contributed by atoms with Crippen LogP contribution in [0.2, 0.25) is 0 Å². The molecule has 1 aliphatic rings. The van der Waals surface area contributed by atoms with Gasteiger partial charge in [0, 0.05) is 21.0 Å². The van der Waals surface area contributed by atoms with Crippen LogP contribution in [0.3, 0.4) is 0 Å². The lowest BCUT2D eigenvalue weighted by molar-refractivity contribution is -0.103. The number of hydrogen-bond acceptors (Lipinski definition) is 3. The SMILES string of the molecule is O=CC1=CS(=O)(=O)c2ccc(Br)cc21. The first-order valence-electron chi connectivity index (χ1n) is 3.76. The van der Waals surface area contributed by atoms with E-state index in [0.717, 1.165) is 9.88 Å². The second kappa shape index (κ2) is 3.03. The van der Waals surface area contributed by atoms with Gasteiger partial charge in [-0.1, -0.05) is 15.9 Å². The summed E-state index contributed by atoms with van der Waals surface area (Å²) in [5.74, 6) is 0. The molecule has 72 valence electrons. The Bertz CT molecular complexity index is 543. The minimum atomic E-state index is -3.40. The maximum Gasteiger partial charge on any atom is 0.201 e. The molecule has 1 aromatic rings. The quantitative estimate of drug-likeness (QED) is 0.733. The van der Waals surface area contributed by atoms with Crippen molar-refractivity contribution in [3.05, 3.63) is 33.6 Å². The van der Waals surface area contributed by atoms with Gasteiger partial charge in [0.2, 0.25) is 9.84 Å². The van der Waals surface area contributed by atoms with Gasteiger partial charge in [0.25, 0.3) is 0 Å². The summed E-state index contributed by atoms with van der Waals surface area (Å²) in [6.07, 6.45) is 0.551. The summed E-state index contributed by atoms with van der Waals surface area (Å²) < 4.78 is 23.7. The number of rotatable bonds is 1. The average molecular weight is 273 g/mol. The third-order valence-corrected chi connectivity index (χ3v) is 3.99. The summed E-state index contributed by atoms with van der Waals surface area (Å²) in [4.78, 5) is 10.8. The molecule has 1 aliphatic heterocycles. The second-order valence-electron chi connectivity index (χ2n) is 2.88. The Kier molecular flexibility index (Phi) is 2.08. The van der Waals surface area contributed by atoms with Crippen molar-refractivity contribution in [2.75, 3.05) is 0 Å². The van der Waals surface area contributed by atoms with Gasteiger partial charge in [-0.05, 0) is 18.2 Å². The fraction of sp³-hybridized carbons (Fsp3) is 0. The van der Waals surface area contributed by atoms with Gasteiger partial charge in [-0.15, -0.1) is 0 Å². The van der Waals surface area contributed by atoms with E-state index in [1.807, 2.05) is 0 Å². The second-order valence-corrected chi connectivity index (χ2v) is 5.56. The predicted octanol–water partition coefficient (Wildman–Crippen LogP) is 1.78. The van der Waals surface area contributed by atoms with Crippen LogP contribution in [0.5, 0.6) is 0 Å². The predicted molar refractivity (Wildman–Crippen MR) is 55.4 cm³/mol. The van der Waals surface area contributed by atoms with Crippen LogP contribution in [0.4, 0.5) is 0 Å². The standard InChI is InChI=1S/C9H5BrO3S/c10-7-1-2-9-8(3-7)6(4-11)5-14(9,12)13/h1-5H. The first-order valence-corrected chi connectivity index (χ1v) is 6.10. The van der Waals surface area contributed by atoms with Gasteiger partial charge >= 0.3 is 0 Å². The Labute approximate surface area is 89.5 Å². The zero-order chi connectivity index (χ0) is 10.3. The monoisotopic (exact) mass is 272 g/mol. The fourth-order valence-corrected chi connectivity index (χ4v) is 3.11. The van der Waals surface area contributed by atoms with Crippen LogP contribution < -0.4 is 0 Å². The molecule has 0 aliphatic carbocycles. The molecule has 0 saturated heterocycles. The summed E-state index contributed by atoms with van der Waals surface area (Å²) >= 11 is 3.22. The number of aldehydes is 1. The molecule has 0 radical (unpaired) electrons. The molecule has 0 spiro atoms. The van der Waals surface area contributed by atoms with Crippen LogP contribution in [0, 0.1) is 0 Å². The van der Waals surface area contributed by atoms with Crippen LogP contribution in [0.25, 0.3) is 5.57 Å². The molecule has 1 heterocycles. The zero-order valence-electron chi connectivity index (χ0n) is 6.90. The minimum absolute atomic E-state index is 0.197. The average Bonchev–Trinajstić information content (AvgIpc) is 2.37. The van der Waals surface area contributed by atoms with Crippen molar-refractivity contribution < 1.29 is 13.2 Å². The molecular formula is C9H5BrO3S. The van der Waals surface area contributed by atoms with Crippen molar-refractivity contribution in [1.82, 2.24) is 0 Å². The van der Waals surface area contributed by atoms with Gasteiger partial charge in [0.1, 0.15) is 0 Å². The van der Waals surface area contributed by atoms with Crippen molar-refractivity contribution in [1.29, 1.82) is 0 Å². The van der Waals surface area contributed by atoms with Crippen molar-refractivity contribution in [3.8, 4) is 0 Å². The van der Waals surface area contributed by atoms with Crippen molar-refractivity contribution in [2.45, 2.75) is 4.90 Å². The molecule has 0 atom stereocenters. The third-order valence-electron chi connectivity index (χ3n) is 1.97. The molecule has 0 N–H and O–H groups in total. The first kappa shape index (κ1) is 9.61. The number of fused-ring (bicyclic) bond motifs is 1. The van der Waals surface area contributed by atoms with Gasteiger partial charge in [0.05, 0.1) is 4.90 Å². The number of benzene rings is 1. The van der Waals surface area contributed by atoms with Crippen molar-refractivity contribution in [2.24, 2.45) is 0 Å². The summed E-state index contributed by atoms with van der Waals surface area (Å²) in [6, 6.07) is 4.75. The Morgan fingerprint density at radius 1 is 1.29 bits per heavy atom. The molecule has 0 fully saturated rings. The maximum atomic E-state index is 11.5. The molecule has 5 heteroatoms. The Morgan fingerprint density at radius 3 is 2.64 bits per heavy atom. The fourth-order valence-electron chi connectivity index (χ4n) is 1.36. The van der Waals surface area contributed by atoms with Gasteiger partial charge in [-0.3, -0.25) is 4.79 Å². The lowest BCUT2D eigenvalue weighted by Gasteiger charge is -1.99. The summed E-state index contributed by atoms with van der Waals surface area (Å²) in [6.45, 7) is 0. The van der Waals surface area contributed by atoms with E-state index in [4.69, 9.17) is 0 Å². The molecule has 14 heavy (non-hydrogen) atoms. The van der Waals surface area contributed by atoms with E-state index < -0.39 is 9.84 Å². The number of carbonyl (C=O) groups is 1. The third kappa shape index (κ3) is 1.33. The van der Waals surface area contributed by atoms with Crippen molar-refractivity contribution >= 4 is 37.6 Å². The van der Waals surface area contributed by atoms with Gasteiger partial charge in [0.15, 0.2) is 6.29 Å². The number of halogens is 1. The molecule has 2 rings (SSSR count). The van der Waals surface area contributed by atoms with Gasteiger partial charge in [-0.2, -0.15) is 0 Å². The normalized spacial score (nSPS) is 17.4. The van der Waals surface area contributed by atoms with Gasteiger partial charge in [-0.25, -0.2) is 8.42 Å². The topological polar surface area (TPSA) is 51.2 Å². The lowest BCUT2D eigenvalue weighted by Crippen LogP contribution is -1.92. The van der Waals surface area contributed by atoms with Crippen molar-refractivity contribution in [3.63, 3.8) is 0 Å². The maximum absolute atomic E-state index is 11.5. The van der Waals surface area contributed by atoms with E-state index in [1.54, 1.807) is 12.1 Å². The van der Waals surface area contributed by atoms with Crippen LogP contribution in [0.15, 0.2) is 33.0 Å². The number of sulfone groups is 1. The van der Waals surface area contributed by atoms with Crippen LogP contribution in [0.1, 0.15) is 5.56 Å². The number of allylic oxidation sites excluding steroid dienone is 1. The van der Waals surface area contributed by atoms with E-state index in [0.29, 0.717) is 11.8 Å². The lowest BCUT2D eigenvalue weighted by atomic mass is 10.1. The number of carbonyl (C=O) groups excluding carboxylic acids is 1. The van der Waals surface area contributed by atoms with Gasteiger partial charge < -0.3 is 0 Å². The van der Waals surface area contributed by atoms with E-state index >= 15 is 0 Å². The van der Waals surface area contributed by atoms with E-state index in [9.17, 15) is 13.2 Å². The summed E-state index contributed by atoms with van der Waals surface area (Å²) in [7, 11) is -3.40. The highest BCUT2D eigenvalue weighted by Gasteiger charge is 2.26. The molecule has 0 unspecified atom stereocenters. The summed E-state index contributed by atoms with van der Waals surface area (Å²) in [5.41, 5.74) is 0.677. The van der Waals surface area contributed by atoms with E-state index in [-0.39, 0.29) is 10.5 Å². The highest BCUT2D eigenvalue weighted by atomic mass is 79.9. The number of hydrogen-bond donors (Lipinski definition) is 0. The van der Waals surface area contributed by atoms with Crippen LogP contribution in [-0.4, -0.2) is 14.7 Å². The first-order chi connectivity index (χ1) is 6.54. The molecule has 0 aromatic heterocycles. The highest BCUT2D eigenvalue weighted by Crippen LogP contribution is 2.33. The Balaban J connectivity index is 2.82. The highest BCUT2D eigenvalue weighted by molar-refractivity contribution is 9.10. The van der Waals surface area contributed by atoms with Crippen LogP contribution in [-0.2, 0) is 14.6 Å². The molecule has 0 amide bonds. The largest absolute Gasteiger partial charge is 0.298 e. The molecule has 3 nitrogen and oxygen atoms in total. The smallest absolute Gasteiger partial charge is 0.201 e. The molecule has 0 bridgehead atoms. The molecular weight excluding hydrogens is 268 g/mol. The minimum Gasteiger partial charge on any atom is -0.298 e. The zero-order valence-corrected chi connectivity index (χ0v) is 9.30. The Hall–Kier alpha value is -0.940.